The molecule has 0 atom stereocenters. The number of benzene rings is 1. The Kier molecular flexibility index (Phi) is 4.32. The molecule has 2 aromatic rings. The van der Waals surface area contributed by atoms with E-state index in [1.165, 1.54) is 18.2 Å². The van der Waals surface area contributed by atoms with Gasteiger partial charge in [-0.2, -0.15) is 0 Å². The Morgan fingerprint density at radius 3 is 2.68 bits per heavy atom. The number of nitrogens with zero attached hydrogens (tertiary/aromatic N) is 2. The van der Waals surface area contributed by atoms with Gasteiger partial charge in [0.15, 0.2) is 0 Å². The largest absolute Gasteiger partial charge is 0.355 e. The first-order valence-electron chi connectivity index (χ1n) is 5.76. The van der Waals surface area contributed by atoms with E-state index in [1.807, 2.05) is 11.0 Å². The molecule has 0 aliphatic rings. The molecule has 1 aromatic carbocycles. The third kappa shape index (κ3) is 3.41. The van der Waals surface area contributed by atoms with Gasteiger partial charge in [-0.15, -0.1) is 11.6 Å². The van der Waals surface area contributed by atoms with E-state index in [-0.39, 0.29) is 11.7 Å². The second-order valence-electron chi connectivity index (χ2n) is 4.26. The first kappa shape index (κ1) is 13.7. The summed E-state index contributed by atoms with van der Waals surface area (Å²) < 4.78 is 26.2. The highest BCUT2D eigenvalue weighted by Gasteiger charge is 2.10. The fourth-order valence-corrected chi connectivity index (χ4v) is 2.10. The fourth-order valence-electron chi connectivity index (χ4n) is 1.90. The lowest BCUT2D eigenvalue weighted by Crippen LogP contribution is -2.19. The van der Waals surface area contributed by atoms with Gasteiger partial charge in [-0.3, -0.25) is 0 Å². The highest BCUT2D eigenvalue weighted by molar-refractivity contribution is 6.17. The predicted molar refractivity (Wildman–Crippen MR) is 72.3 cm³/mol. The quantitative estimate of drug-likeness (QED) is 0.794. The number of pyridine rings is 1. The van der Waals surface area contributed by atoms with Crippen molar-refractivity contribution in [2.75, 3.05) is 11.9 Å². The monoisotopic (exact) mass is 282 g/mol. The van der Waals surface area contributed by atoms with Gasteiger partial charge >= 0.3 is 0 Å². The molecule has 0 amide bonds. The smallest absolute Gasteiger partial charge is 0.141 e. The number of aromatic nitrogens is 1. The summed E-state index contributed by atoms with van der Waals surface area (Å²) in [7, 11) is 1.81. The van der Waals surface area contributed by atoms with E-state index < -0.39 is 5.82 Å². The van der Waals surface area contributed by atoms with Gasteiger partial charge < -0.3 is 4.90 Å². The van der Waals surface area contributed by atoms with Gasteiger partial charge in [0.2, 0.25) is 0 Å². The van der Waals surface area contributed by atoms with Gasteiger partial charge in [0.25, 0.3) is 0 Å². The van der Waals surface area contributed by atoms with Crippen molar-refractivity contribution < 1.29 is 8.78 Å². The van der Waals surface area contributed by atoms with Crippen LogP contribution in [-0.2, 0) is 12.4 Å². The first-order chi connectivity index (χ1) is 9.10. The molecule has 1 heterocycles. The Balaban J connectivity index is 2.22. The maximum Gasteiger partial charge on any atom is 0.141 e. The Morgan fingerprint density at radius 2 is 2.00 bits per heavy atom. The standard InChI is InChI=1S/C14H13ClF2N2/c1-19(9-10-3-2-4-12(16)5-10)14-11(7-15)6-13(17)8-18-14/h2-6,8H,7,9H2,1H3. The average molecular weight is 283 g/mol. The fraction of sp³-hybridized carbons (Fsp3) is 0.214. The summed E-state index contributed by atoms with van der Waals surface area (Å²) in [4.78, 5) is 5.85. The number of hydrogen-bond donors (Lipinski definition) is 0. The van der Waals surface area contributed by atoms with Crippen molar-refractivity contribution in [2.45, 2.75) is 12.4 Å². The molecule has 0 aliphatic heterocycles. The third-order valence-electron chi connectivity index (χ3n) is 2.72. The van der Waals surface area contributed by atoms with Crippen molar-refractivity contribution in [3.63, 3.8) is 0 Å². The van der Waals surface area contributed by atoms with Crippen molar-refractivity contribution in [3.05, 3.63) is 59.3 Å². The molecule has 0 radical (unpaired) electrons. The van der Waals surface area contributed by atoms with Crippen LogP contribution in [0.1, 0.15) is 11.1 Å². The van der Waals surface area contributed by atoms with E-state index in [2.05, 4.69) is 4.98 Å². The lowest BCUT2D eigenvalue weighted by molar-refractivity contribution is 0.618. The molecule has 0 spiro atoms. The lowest BCUT2D eigenvalue weighted by Gasteiger charge is -2.20. The maximum absolute atomic E-state index is 13.1. The van der Waals surface area contributed by atoms with E-state index in [4.69, 9.17) is 11.6 Å². The Bertz CT molecular complexity index is 575. The van der Waals surface area contributed by atoms with Crippen LogP contribution in [0.5, 0.6) is 0 Å². The van der Waals surface area contributed by atoms with Crippen LogP contribution in [0.4, 0.5) is 14.6 Å². The van der Waals surface area contributed by atoms with E-state index in [9.17, 15) is 8.78 Å². The highest BCUT2D eigenvalue weighted by atomic mass is 35.5. The zero-order valence-corrected chi connectivity index (χ0v) is 11.2. The van der Waals surface area contributed by atoms with Crippen LogP contribution in [0, 0.1) is 11.6 Å². The molecule has 0 saturated heterocycles. The van der Waals surface area contributed by atoms with Gasteiger partial charge in [-0.1, -0.05) is 12.1 Å². The molecule has 0 fully saturated rings. The average Bonchev–Trinajstić information content (AvgIpc) is 2.38. The van der Waals surface area contributed by atoms with Crippen LogP contribution in [0.2, 0.25) is 0 Å². The second kappa shape index (κ2) is 5.97. The summed E-state index contributed by atoms with van der Waals surface area (Å²) in [5.74, 6) is 0.0721. The summed E-state index contributed by atoms with van der Waals surface area (Å²) in [6.07, 6.45) is 1.15. The van der Waals surface area contributed by atoms with Gasteiger partial charge in [-0.05, 0) is 23.8 Å². The van der Waals surface area contributed by atoms with Gasteiger partial charge in [0.1, 0.15) is 17.5 Å². The Labute approximate surface area is 115 Å². The Hall–Kier alpha value is -1.68. The van der Waals surface area contributed by atoms with Crippen LogP contribution in [0.15, 0.2) is 36.5 Å². The molecule has 0 aliphatic carbocycles. The van der Waals surface area contributed by atoms with Crippen molar-refractivity contribution in [3.8, 4) is 0 Å². The molecule has 19 heavy (non-hydrogen) atoms. The molecular weight excluding hydrogens is 270 g/mol. The number of halogens is 3. The second-order valence-corrected chi connectivity index (χ2v) is 4.52. The maximum atomic E-state index is 13.1. The minimum atomic E-state index is -0.418. The summed E-state index contributed by atoms with van der Waals surface area (Å²) in [5, 5.41) is 0. The highest BCUT2D eigenvalue weighted by Crippen LogP contribution is 2.21. The normalized spacial score (nSPS) is 10.5. The summed E-state index contributed by atoms with van der Waals surface area (Å²) in [6, 6.07) is 7.68. The van der Waals surface area contributed by atoms with Crippen LogP contribution in [0.3, 0.4) is 0 Å². The predicted octanol–water partition coefficient (Wildman–Crippen LogP) is 3.74. The third-order valence-corrected chi connectivity index (χ3v) is 3.01. The minimum absolute atomic E-state index is 0.174. The van der Waals surface area contributed by atoms with E-state index in [1.54, 1.807) is 13.1 Å². The van der Waals surface area contributed by atoms with Gasteiger partial charge in [0, 0.05) is 19.2 Å². The van der Waals surface area contributed by atoms with Crippen LogP contribution in [0.25, 0.3) is 0 Å². The molecule has 0 N–H and O–H groups in total. The summed E-state index contributed by atoms with van der Waals surface area (Å²) in [5.41, 5.74) is 1.43. The molecule has 0 unspecified atom stereocenters. The number of anilines is 1. The molecule has 0 bridgehead atoms. The Morgan fingerprint density at radius 1 is 1.21 bits per heavy atom. The molecule has 2 rings (SSSR count). The van der Waals surface area contributed by atoms with Gasteiger partial charge in [-0.25, -0.2) is 13.8 Å². The molecule has 2 nitrogen and oxygen atoms in total. The number of alkyl halides is 1. The van der Waals surface area contributed by atoms with E-state index >= 15 is 0 Å². The zero-order valence-electron chi connectivity index (χ0n) is 10.4. The summed E-state index contributed by atoms with van der Waals surface area (Å²) in [6.45, 7) is 0.473. The van der Waals surface area contributed by atoms with Crippen molar-refractivity contribution >= 4 is 17.4 Å². The first-order valence-corrected chi connectivity index (χ1v) is 6.29. The van der Waals surface area contributed by atoms with E-state index in [0.29, 0.717) is 17.9 Å². The molecule has 5 heteroatoms. The molecule has 1 aromatic heterocycles. The zero-order chi connectivity index (χ0) is 13.8. The van der Waals surface area contributed by atoms with Crippen LogP contribution in [-0.4, -0.2) is 12.0 Å². The molecule has 0 saturated carbocycles. The van der Waals surface area contributed by atoms with Crippen molar-refractivity contribution in [2.24, 2.45) is 0 Å². The van der Waals surface area contributed by atoms with E-state index in [0.717, 1.165) is 11.8 Å². The van der Waals surface area contributed by atoms with Crippen LogP contribution >= 0.6 is 11.6 Å². The summed E-state index contributed by atoms with van der Waals surface area (Å²) >= 11 is 5.78. The van der Waals surface area contributed by atoms with Gasteiger partial charge in [0.05, 0.1) is 12.1 Å². The SMILES string of the molecule is CN(Cc1cccc(F)c1)c1ncc(F)cc1CCl. The van der Waals surface area contributed by atoms with Crippen molar-refractivity contribution in [1.29, 1.82) is 0 Å². The topological polar surface area (TPSA) is 16.1 Å². The molecule has 100 valence electrons. The lowest BCUT2D eigenvalue weighted by atomic mass is 10.2. The number of rotatable bonds is 4. The van der Waals surface area contributed by atoms with Crippen molar-refractivity contribution in [1.82, 2.24) is 4.98 Å². The molecular formula is C14H13ClF2N2. The van der Waals surface area contributed by atoms with Crippen LogP contribution < -0.4 is 4.90 Å². The number of hydrogen-bond acceptors (Lipinski definition) is 2. The minimum Gasteiger partial charge on any atom is -0.355 e.